The number of methoxy groups -OCH3 is 1. The fourth-order valence-corrected chi connectivity index (χ4v) is 3.27. The largest absolute Gasteiger partial charge is 0.497 e. The molecule has 152 valence electrons. The van der Waals surface area contributed by atoms with E-state index in [1.807, 2.05) is 56.3 Å². The van der Waals surface area contributed by atoms with Crippen molar-refractivity contribution in [2.45, 2.75) is 19.9 Å². The molecule has 0 saturated carbocycles. The standard InChI is InChI=1S/C23H22N4O3/c1-15(19-14-25-27(16(19)2)22-6-4-5-13-24-22)26-23(28)21-12-11-20(30-21)17-7-9-18(29-3)10-8-17/h4-15H,1-3H3,(H,26,28)/t15-/m1/s1. The zero-order valence-corrected chi connectivity index (χ0v) is 17.0. The Hall–Kier alpha value is -3.87. The first-order valence-corrected chi connectivity index (χ1v) is 9.58. The van der Waals surface area contributed by atoms with Crippen molar-refractivity contribution >= 4 is 5.91 Å². The molecule has 0 aliphatic carbocycles. The molecule has 1 atom stereocenters. The van der Waals surface area contributed by atoms with Crippen LogP contribution in [-0.4, -0.2) is 27.8 Å². The van der Waals surface area contributed by atoms with Crippen molar-refractivity contribution < 1.29 is 13.9 Å². The van der Waals surface area contributed by atoms with E-state index >= 15 is 0 Å². The summed E-state index contributed by atoms with van der Waals surface area (Å²) in [6.07, 6.45) is 3.47. The summed E-state index contributed by atoms with van der Waals surface area (Å²) >= 11 is 0. The summed E-state index contributed by atoms with van der Waals surface area (Å²) in [5.41, 5.74) is 2.70. The smallest absolute Gasteiger partial charge is 0.287 e. The molecule has 0 unspecified atom stereocenters. The lowest BCUT2D eigenvalue weighted by Gasteiger charge is -2.13. The monoisotopic (exact) mass is 402 g/mol. The Bertz CT molecular complexity index is 1150. The topological polar surface area (TPSA) is 82.2 Å². The number of nitrogens with zero attached hydrogens (tertiary/aromatic N) is 3. The van der Waals surface area contributed by atoms with Gasteiger partial charge in [0.15, 0.2) is 11.6 Å². The highest BCUT2D eigenvalue weighted by atomic mass is 16.5. The van der Waals surface area contributed by atoms with Gasteiger partial charge in [0.2, 0.25) is 0 Å². The van der Waals surface area contributed by atoms with Crippen LogP contribution in [0.5, 0.6) is 5.75 Å². The summed E-state index contributed by atoms with van der Waals surface area (Å²) in [6.45, 7) is 3.87. The zero-order valence-electron chi connectivity index (χ0n) is 17.0. The van der Waals surface area contributed by atoms with Crippen LogP contribution < -0.4 is 10.1 Å². The van der Waals surface area contributed by atoms with Crippen LogP contribution in [-0.2, 0) is 0 Å². The number of furan rings is 1. The fourth-order valence-electron chi connectivity index (χ4n) is 3.27. The third-order valence-corrected chi connectivity index (χ3v) is 4.93. The highest BCUT2D eigenvalue weighted by Crippen LogP contribution is 2.25. The lowest BCUT2D eigenvalue weighted by atomic mass is 10.1. The van der Waals surface area contributed by atoms with Crippen molar-refractivity contribution in [1.29, 1.82) is 0 Å². The third kappa shape index (κ3) is 3.82. The molecule has 4 rings (SSSR count). The van der Waals surface area contributed by atoms with Gasteiger partial charge in [-0.3, -0.25) is 4.79 Å². The summed E-state index contributed by atoms with van der Waals surface area (Å²) in [4.78, 5) is 17.0. The number of aromatic nitrogens is 3. The Morgan fingerprint density at radius 1 is 1.13 bits per heavy atom. The summed E-state index contributed by atoms with van der Waals surface area (Å²) in [6, 6.07) is 16.3. The minimum Gasteiger partial charge on any atom is -0.497 e. The molecule has 7 nitrogen and oxygen atoms in total. The second-order valence-electron chi connectivity index (χ2n) is 6.87. The van der Waals surface area contributed by atoms with Crippen LogP contribution in [0.3, 0.4) is 0 Å². The van der Waals surface area contributed by atoms with Gasteiger partial charge in [0.1, 0.15) is 11.5 Å². The van der Waals surface area contributed by atoms with E-state index in [9.17, 15) is 4.79 Å². The maximum Gasteiger partial charge on any atom is 0.287 e. The normalized spacial score (nSPS) is 11.8. The molecule has 0 saturated heterocycles. The van der Waals surface area contributed by atoms with Crippen molar-refractivity contribution in [1.82, 2.24) is 20.1 Å². The van der Waals surface area contributed by atoms with Crippen LogP contribution in [0.25, 0.3) is 17.1 Å². The first-order valence-electron chi connectivity index (χ1n) is 9.58. The van der Waals surface area contributed by atoms with Crippen LogP contribution >= 0.6 is 0 Å². The van der Waals surface area contributed by atoms with E-state index in [2.05, 4.69) is 15.4 Å². The lowest BCUT2D eigenvalue weighted by Crippen LogP contribution is -2.26. The second kappa shape index (κ2) is 8.24. The van der Waals surface area contributed by atoms with E-state index in [0.29, 0.717) is 5.76 Å². The van der Waals surface area contributed by atoms with Crippen molar-refractivity contribution in [3.8, 4) is 22.9 Å². The molecule has 0 bridgehead atoms. The van der Waals surface area contributed by atoms with E-state index in [0.717, 1.165) is 28.4 Å². The van der Waals surface area contributed by atoms with Crippen molar-refractivity contribution in [2.24, 2.45) is 0 Å². The second-order valence-corrected chi connectivity index (χ2v) is 6.87. The van der Waals surface area contributed by atoms with Gasteiger partial charge in [0, 0.05) is 23.0 Å². The predicted molar refractivity (Wildman–Crippen MR) is 113 cm³/mol. The van der Waals surface area contributed by atoms with Gasteiger partial charge in [-0.1, -0.05) is 6.07 Å². The average molecular weight is 402 g/mol. The van der Waals surface area contributed by atoms with Gasteiger partial charge in [-0.05, 0) is 62.4 Å². The Morgan fingerprint density at radius 3 is 2.63 bits per heavy atom. The maximum absolute atomic E-state index is 12.7. The fraction of sp³-hybridized carbons (Fsp3) is 0.174. The number of hydrogen-bond donors (Lipinski definition) is 1. The molecular weight excluding hydrogens is 380 g/mol. The van der Waals surface area contributed by atoms with Gasteiger partial charge in [-0.15, -0.1) is 0 Å². The molecule has 0 spiro atoms. The van der Waals surface area contributed by atoms with Gasteiger partial charge in [0.25, 0.3) is 5.91 Å². The van der Waals surface area contributed by atoms with Crippen LogP contribution in [0.1, 0.15) is 34.8 Å². The maximum atomic E-state index is 12.7. The molecule has 0 aliphatic heterocycles. The number of ether oxygens (including phenoxy) is 1. The first kappa shape index (κ1) is 19.4. The molecule has 1 aromatic carbocycles. The van der Waals surface area contributed by atoms with Crippen LogP contribution in [0.4, 0.5) is 0 Å². The van der Waals surface area contributed by atoms with Crippen molar-refractivity contribution in [3.63, 3.8) is 0 Å². The third-order valence-electron chi connectivity index (χ3n) is 4.93. The number of carbonyl (C=O) groups is 1. The van der Waals surface area contributed by atoms with E-state index in [-0.39, 0.29) is 17.7 Å². The number of rotatable bonds is 6. The average Bonchev–Trinajstić information content (AvgIpc) is 3.42. The minimum absolute atomic E-state index is 0.246. The molecule has 0 radical (unpaired) electrons. The molecule has 30 heavy (non-hydrogen) atoms. The molecular formula is C23H22N4O3. The van der Waals surface area contributed by atoms with Crippen molar-refractivity contribution in [3.05, 3.63) is 84.0 Å². The van der Waals surface area contributed by atoms with Crippen LogP contribution in [0, 0.1) is 6.92 Å². The molecule has 0 fully saturated rings. The van der Waals surface area contributed by atoms with Gasteiger partial charge < -0.3 is 14.5 Å². The highest BCUT2D eigenvalue weighted by Gasteiger charge is 2.19. The molecule has 7 heteroatoms. The molecule has 3 heterocycles. The van der Waals surface area contributed by atoms with E-state index in [1.54, 1.807) is 36.3 Å². The Balaban J connectivity index is 1.48. The molecule has 3 aromatic heterocycles. The molecule has 0 aliphatic rings. The van der Waals surface area contributed by atoms with Gasteiger partial charge in [-0.25, -0.2) is 9.67 Å². The van der Waals surface area contributed by atoms with Gasteiger partial charge in [-0.2, -0.15) is 5.10 Å². The summed E-state index contributed by atoms with van der Waals surface area (Å²) < 4.78 is 12.7. The molecule has 1 N–H and O–H groups in total. The number of hydrogen-bond acceptors (Lipinski definition) is 5. The van der Waals surface area contributed by atoms with Gasteiger partial charge in [0.05, 0.1) is 19.3 Å². The Morgan fingerprint density at radius 2 is 1.93 bits per heavy atom. The number of carbonyl (C=O) groups excluding carboxylic acids is 1. The number of benzene rings is 1. The van der Waals surface area contributed by atoms with Gasteiger partial charge >= 0.3 is 0 Å². The molecule has 1 amide bonds. The molecule has 4 aromatic rings. The first-order chi connectivity index (χ1) is 14.6. The summed E-state index contributed by atoms with van der Waals surface area (Å²) in [5, 5.41) is 7.39. The Kier molecular flexibility index (Phi) is 5.34. The summed E-state index contributed by atoms with van der Waals surface area (Å²) in [7, 11) is 1.62. The summed E-state index contributed by atoms with van der Waals surface area (Å²) in [5.74, 6) is 2.08. The quantitative estimate of drug-likeness (QED) is 0.519. The number of amides is 1. The van der Waals surface area contributed by atoms with E-state index < -0.39 is 0 Å². The van der Waals surface area contributed by atoms with Crippen LogP contribution in [0.2, 0.25) is 0 Å². The number of pyridine rings is 1. The lowest BCUT2D eigenvalue weighted by molar-refractivity contribution is 0.0912. The zero-order chi connectivity index (χ0) is 21.1. The SMILES string of the molecule is COc1ccc(-c2ccc(C(=O)N[C@H](C)c3cnn(-c4ccccn4)c3C)o2)cc1. The van der Waals surface area contributed by atoms with Crippen molar-refractivity contribution in [2.75, 3.05) is 7.11 Å². The highest BCUT2D eigenvalue weighted by molar-refractivity contribution is 5.92. The van der Waals surface area contributed by atoms with Crippen LogP contribution in [0.15, 0.2) is 71.4 Å². The minimum atomic E-state index is -0.285. The predicted octanol–water partition coefficient (Wildman–Crippen LogP) is 4.34. The van der Waals surface area contributed by atoms with E-state index in [4.69, 9.17) is 9.15 Å². The number of nitrogens with one attached hydrogen (secondary N) is 1. The Labute approximate surface area is 174 Å². The van der Waals surface area contributed by atoms with E-state index in [1.165, 1.54) is 0 Å².